The zero-order valence-electron chi connectivity index (χ0n) is 10.8. The van der Waals surface area contributed by atoms with E-state index in [0.717, 1.165) is 37.7 Å². The lowest BCUT2D eigenvalue weighted by molar-refractivity contribution is -0.129. The second-order valence-corrected chi connectivity index (χ2v) is 5.06. The van der Waals surface area contributed by atoms with E-state index in [2.05, 4.69) is 12.2 Å². The molecule has 1 aliphatic rings. The highest BCUT2D eigenvalue weighted by molar-refractivity contribution is 5.89. The molecule has 2 nitrogen and oxygen atoms in total. The van der Waals surface area contributed by atoms with Gasteiger partial charge in [-0.15, -0.1) is 0 Å². The number of nitrogens with one attached hydrogen (secondary N) is 1. The second-order valence-electron chi connectivity index (χ2n) is 5.06. The van der Waals surface area contributed by atoms with Gasteiger partial charge >= 0.3 is 0 Å². The Balaban J connectivity index is 2.13. The van der Waals surface area contributed by atoms with Crippen LogP contribution in [0.4, 0.5) is 4.39 Å². The van der Waals surface area contributed by atoms with Crippen LogP contribution in [0, 0.1) is 5.82 Å². The van der Waals surface area contributed by atoms with Crippen molar-refractivity contribution in [3.8, 4) is 0 Å². The molecule has 0 saturated heterocycles. The van der Waals surface area contributed by atoms with Crippen molar-refractivity contribution in [2.45, 2.75) is 44.4 Å². The normalized spacial score (nSPS) is 17.0. The Morgan fingerprint density at radius 3 is 2.78 bits per heavy atom. The summed E-state index contributed by atoms with van der Waals surface area (Å²) in [4.78, 5) is 12.3. The molecule has 0 radical (unpaired) electrons. The average Bonchev–Trinajstić information content (AvgIpc) is 2.28. The number of hydrogen-bond donors (Lipinski definition) is 1. The van der Waals surface area contributed by atoms with Crippen molar-refractivity contribution >= 4 is 5.91 Å². The van der Waals surface area contributed by atoms with Crippen molar-refractivity contribution < 1.29 is 9.18 Å². The van der Waals surface area contributed by atoms with Gasteiger partial charge in [0, 0.05) is 6.54 Å². The molecule has 18 heavy (non-hydrogen) atoms. The zero-order chi connectivity index (χ0) is 13.0. The molecule has 1 aromatic carbocycles. The van der Waals surface area contributed by atoms with Crippen LogP contribution in [0.3, 0.4) is 0 Å². The van der Waals surface area contributed by atoms with Crippen molar-refractivity contribution in [1.82, 2.24) is 5.32 Å². The molecule has 98 valence electrons. The molecule has 1 amide bonds. The molecule has 1 N–H and O–H groups in total. The number of benzene rings is 1. The number of rotatable bonds is 5. The first-order chi connectivity index (χ1) is 8.69. The lowest BCUT2D eigenvalue weighted by atomic mass is 9.64. The third-order valence-electron chi connectivity index (χ3n) is 3.83. The maximum Gasteiger partial charge on any atom is 0.230 e. The molecule has 0 bridgehead atoms. The van der Waals surface area contributed by atoms with Gasteiger partial charge in [-0.3, -0.25) is 4.79 Å². The summed E-state index contributed by atoms with van der Waals surface area (Å²) >= 11 is 0. The van der Waals surface area contributed by atoms with Crippen LogP contribution in [-0.2, 0) is 10.2 Å². The van der Waals surface area contributed by atoms with Crippen LogP contribution in [0.15, 0.2) is 24.3 Å². The summed E-state index contributed by atoms with van der Waals surface area (Å²) in [5.41, 5.74) is 0.346. The Morgan fingerprint density at radius 2 is 2.22 bits per heavy atom. The van der Waals surface area contributed by atoms with Gasteiger partial charge in [0.05, 0.1) is 5.41 Å². The van der Waals surface area contributed by atoms with Gasteiger partial charge in [0.15, 0.2) is 0 Å². The third kappa shape index (κ3) is 2.40. The lowest BCUT2D eigenvalue weighted by Crippen LogP contribution is -2.49. The number of hydrogen-bond acceptors (Lipinski definition) is 1. The largest absolute Gasteiger partial charge is 0.355 e. The molecule has 0 aromatic heterocycles. The van der Waals surface area contributed by atoms with Crippen LogP contribution >= 0.6 is 0 Å². The molecule has 0 aliphatic heterocycles. The van der Waals surface area contributed by atoms with E-state index >= 15 is 0 Å². The molecule has 0 spiro atoms. The SMILES string of the molecule is CCCCNC(=O)C1(c2cccc(F)c2)CCC1. The minimum absolute atomic E-state index is 0.0628. The second kappa shape index (κ2) is 5.51. The Kier molecular flexibility index (Phi) is 4.00. The Morgan fingerprint density at radius 1 is 1.44 bits per heavy atom. The van der Waals surface area contributed by atoms with Crippen molar-refractivity contribution in [3.63, 3.8) is 0 Å². The predicted octanol–water partition coefficient (Wildman–Crippen LogP) is 3.16. The Hall–Kier alpha value is -1.38. The van der Waals surface area contributed by atoms with E-state index in [1.807, 2.05) is 6.07 Å². The van der Waals surface area contributed by atoms with Gasteiger partial charge in [-0.25, -0.2) is 4.39 Å². The lowest BCUT2D eigenvalue weighted by Gasteiger charge is -2.40. The first-order valence-corrected chi connectivity index (χ1v) is 6.73. The minimum atomic E-state index is -0.476. The smallest absolute Gasteiger partial charge is 0.230 e. The van der Waals surface area contributed by atoms with Gasteiger partial charge in [0.1, 0.15) is 5.82 Å². The number of halogens is 1. The summed E-state index contributed by atoms with van der Waals surface area (Å²) in [7, 11) is 0. The summed E-state index contributed by atoms with van der Waals surface area (Å²) < 4.78 is 13.3. The first kappa shape index (κ1) is 13.1. The highest BCUT2D eigenvalue weighted by atomic mass is 19.1. The van der Waals surface area contributed by atoms with Crippen LogP contribution in [0.5, 0.6) is 0 Å². The van der Waals surface area contributed by atoms with Gasteiger partial charge in [-0.2, -0.15) is 0 Å². The highest BCUT2D eigenvalue weighted by Crippen LogP contribution is 2.44. The van der Waals surface area contributed by atoms with Crippen LogP contribution < -0.4 is 5.32 Å². The van der Waals surface area contributed by atoms with Crippen LogP contribution in [0.2, 0.25) is 0 Å². The minimum Gasteiger partial charge on any atom is -0.355 e. The molecule has 0 heterocycles. The average molecular weight is 249 g/mol. The van der Waals surface area contributed by atoms with Gasteiger partial charge in [0.2, 0.25) is 5.91 Å². The van der Waals surface area contributed by atoms with E-state index in [1.165, 1.54) is 12.1 Å². The molecule has 1 aromatic rings. The molecule has 1 aliphatic carbocycles. The maximum atomic E-state index is 13.3. The molecular formula is C15H20FNO. The van der Waals surface area contributed by atoms with E-state index < -0.39 is 5.41 Å². The van der Waals surface area contributed by atoms with Crippen molar-refractivity contribution in [2.75, 3.05) is 6.54 Å². The molecule has 1 fully saturated rings. The van der Waals surface area contributed by atoms with Crippen molar-refractivity contribution in [3.05, 3.63) is 35.6 Å². The molecule has 0 unspecified atom stereocenters. The first-order valence-electron chi connectivity index (χ1n) is 6.73. The molecule has 0 atom stereocenters. The van der Waals surface area contributed by atoms with Gasteiger partial charge in [-0.1, -0.05) is 31.9 Å². The van der Waals surface area contributed by atoms with Crippen molar-refractivity contribution in [1.29, 1.82) is 0 Å². The van der Waals surface area contributed by atoms with Crippen LogP contribution in [0.25, 0.3) is 0 Å². The quantitative estimate of drug-likeness (QED) is 0.798. The number of carbonyl (C=O) groups is 1. The summed E-state index contributed by atoms with van der Waals surface area (Å²) in [6.45, 7) is 2.81. The fraction of sp³-hybridized carbons (Fsp3) is 0.533. The monoisotopic (exact) mass is 249 g/mol. The van der Waals surface area contributed by atoms with E-state index in [1.54, 1.807) is 6.07 Å². The van der Waals surface area contributed by atoms with Crippen LogP contribution in [-0.4, -0.2) is 12.5 Å². The summed E-state index contributed by atoms with van der Waals surface area (Å²) in [5.74, 6) is -0.201. The molecule has 2 rings (SSSR count). The highest BCUT2D eigenvalue weighted by Gasteiger charge is 2.45. The number of unbranched alkanes of at least 4 members (excludes halogenated alkanes) is 1. The number of carbonyl (C=O) groups excluding carboxylic acids is 1. The van der Waals surface area contributed by atoms with E-state index in [-0.39, 0.29) is 11.7 Å². The summed E-state index contributed by atoms with van der Waals surface area (Å²) in [6.07, 6.45) is 4.75. The third-order valence-corrected chi connectivity index (χ3v) is 3.83. The standard InChI is InChI=1S/C15H20FNO/c1-2-3-10-17-14(18)15(8-5-9-15)12-6-4-7-13(16)11-12/h4,6-7,11H,2-3,5,8-10H2,1H3,(H,17,18). The topological polar surface area (TPSA) is 29.1 Å². The maximum absolute atomic E-state index is 13.3. The van der Waals surface area contributed by atoms with E-state index in [9.17, 15) is 9.18 Å². The summed E-state index contributed by atoms with van der Waals surface area (Å²) in [5, 5.41) is 2.98. The summed E-state index contributed by atoms with van der Waals surface area (Å²) in [6, 6.07) is 6.47. The fourth-order valence-corrected chi connectivity index (χ4v) is 2.51. The molecule has 3 heteroatoms. The van der Waals surface area contributed by atoms with Gasteiger partial charge < -0.3 is 5.32 Å². The fourth-order valence-electron chi connectivity index (χ4n) is 2.51. The van der Waals surface area contributed by atoms with Crippen molar-refractivity contribution in [2.24, 2.45) is 0 Å². The molecule has 1 saturated carbocycles. The van der Waals surface area contributed by atoms with Crippen LogP contribution in [0.1, 0.15) is 44.6 Å². The van der Waals surface area contributed by atoms with E-state index in [0.29, 0.717) is 6.54 Å². The Bertz CT molecular complexity index is 426. The Labute approximate surface area is 108 Å². The van der Waals surface area contributed by atoms with Gasteiger partial charge in [0.25, 0.3) is 0 Å². The van der Waals surface area contributed by atoms with E-state index in [4.69, 9.17) is 0 Å². The molecular weight excluding hydrogens is 229 g/mol. The van der Waals surface area contributed by atoms with Gasteiger partial charge in [-0.05, 0) is 37.0 Å². The predicted molar refractivity (Wildman–Crippen MR) is 69.8 cm³/mol. The number of amides is 1. The zero-order valence-corrected chi connectivity index (χ0v) is 10.8.